The Labute approximate surface area is 173 Å². The summed E-state index contributed by atoms with van der Waals surface area (Å²) in [7, 11) is 0. The number of ether oxygens (including phenoxy) is 1. The number of carbonyl (C=O) groups excluding carboxylic acids is 4. The Balaban J connectivity index is 1.75. The number of nitrogens with one attached hydrogen (secondary N) is 1. The zero-order chi connectivity index (χ0) is 22.0. The molecule has 2 atom stereocenters. The third-order valence-corrected chi connectivity index (χ3v) is 4.65. The molecule has 0 radical (unpaired) electrons. The predicted molar refractivity (Wildman–Crippen MR) is 106 cm³/mol. The van der Waals surface area contributed by atoms with Gasteiger partial charge in [-0.3, -0.25) is 19.3 Å². The van der Waals surface area contributed by atoms with Gasteiger partial charge < -0.3 is 14.6 Å². The predicted octanol–water partition coefficient (Wildman–Crippen LogP) is 2.56. The van der Waals surface area contributed by atoms with E-state index in [1.165, 1.54) is 13.0 Å². The number of nitrogens with zero attached hydrogens (tertiary/aromatic N) is 2. The molecule has 0 aliphatic carbocycles. The maximum Gasteiger partial charge on any atom is 0.330 e. The number of anilines is 1. The molecule has 1 N–H and O–H groups in total. The summed E-state index contributed by atoms with van der Waals surface area (Å²) in [6.45, 7) is 6.79. The first kappa shape index (κ1) is 21.2. The number of hydrogen-bond acceptors (Lipinski definition) is 7. The van der Waals surface area contributed by atoms with Crippen molar-refractivity contribution in [1.82, 2.24) is 10.1 Å². The van der Waals surface area contributed by atoms with Gasteiger partial charge >= 0.3 is 5.97 Å². The first-order valence-electron chi connectivity index (χ1n) is 9.60. The Bertz CT molecular complexity index is 961. The molecule has 2 heterocycles. The standard InChI is InChI=1S/C21H23N3O6/c1-11(2)9-16(24-19(26)14-7-5-6-8-15(14)20(24)27)21(28)29-13(4)18(25)22-17-10-12(3)30-23-17/h5-8,10-11,13,16H,9H2,1-4H3,(H,22,23,25)/t13-,16-/m1/s1. The maximum absolute atomic E-state index is 12.9. The monoisotopic (exact) mass is 413 g/mol. The van der Waals surface area contributed by atoms with E-state index in [-0.39, 0.29) is 29.3 Å². The molecular formula is C21H23N3O6. The van der Waals surface area contributed by atoms with Crippen molar-refractivity contribution in [2.24, 2.45) is 5.92 Å². The van der Waals surface area contributed by atoms with Gasteiger partial charge in [0.2, 0.25) is 0 Å². The van der Waals surface area contributed by atoms with Crippen molar-refractivity contribution in [3.63, 3.8) is 0 Å². The molecule has 0 saturated heterocycles. The third-order valence-electron chi connectivity index (χ3n) is 4.65. The van der Waals surface area contributed by atoms with Gasteiger partial charge in [-0.1, -0.05) is 31.1 Å². The number of aromatic nitrogens is 1. The second-order valence-electron chi connectivity index (χ2n) is 7.56. The number of hydrogen-bond donors (Lipinski definition) is 1. The van der Waals surface area contributed by atoms with Crippen molar-refractivity contribution in [3.05, 3.63) is 47.2 Å². The van der Waals surface area contributed by atoms with Crippen LogP contribution in [0.3, 0.4) is 0 Å². The van der Waals surface area contributed by atoms with Crippen LogP contribution in [0.25, 0.3) is 0 Å². The lowest BCUT2D eigenvalue weighted by atomic mass is 10.0. The van der Waals surface area contributed by atoms with E-state index in [2.05, 4.69) is 10.5 Å². The number of esters is 1. The summed E-state index contributed by atoms with van der Waals surface area (Å²) in [5.41, 5.74) is 0.493. The quantitative estimate of drug-likeness (QED) is 0.547. The van der Waals surface area contributed by atoms with E-state index < -0.39 is 35.8 Å². The summed E-state index contributed by atoms with van der Waals surface area (Å²) < 4.78 is 10.2. The van der Waals surface area contributed by atoms with Crippen molar-refractivity contribution in [2.45, 2.75) is 46.3 Å². The molecular weight excluding hydrogens is 390 g/mol. The van der Waals surface area contributed by atoms with E-state index in [1.807, 2.05) is 13.8 Å². The summed E-state index contributed by atoms with van der Waals surface area (Å²) in [6, 6.07) is 6.78. The number of benzene rings is 1. The van der Waals surface area contributed by atoms with Gasteiger partial charge in [-0.15, -0.1) is 0 Å². The van der Waals surface area contributed by atoms with Crippen LogP contribution in [0, 0.1) is 12.8 Å². The lowest BCUT2D eigenvalue weighted by molar-refractivity contribution is -0.157. The number of fused-ring (bicyclic) bond motifs is 1. The SMILES string of the molecule is Cc1cc(NC(=O)[C@@H](C)OC(=O)[C@@H](CC(C)C)N2C(=O)c3ccccc3C2=O)no1. The second kappa shape index (κ2) is 8.48. The molecule has 9 heteroatoms. The summed E-state index contributed by atoms with van der Waals surface area (Å²) in [6.07, 6.45) is -0.958. The molecule has 1 aliphatic heterocycles. The van der Waals surface area contributed by atoms with Crippen LogP contribution in [0.5, 0.6) is 0 Å². The summed E-state index contributed by atoms with van der Waals surface area (Å²) >= 11 is 0. The molecule has 0 unspecified atom stereocenters. The second-order valence-corrected chi connectivity index (χ2v) is 7.56. The Hall–Kier alpha value is -3.49. The highest BCUT2D eigenvalue weighted by Crippen LogP contribution is 2.27. The average molecular weight is 413 g/mol. The van der Waals surface area contributed by atoms with Crippen LogP contribution in [0.4, 0.5) is 5.82 Å². The molecule has 1 aliphatic rings. The minimum Gasteiger partial charge on any atom is -0.451 e. The Kier molecular flexibility index (Phi) is 6.00. The van der Waals surface area contributed by atoms with Gasteiger partial charge in [-0.2, -0.15) is 0 Å². The third kappa shape index (κ3) is 4.24. The Morgan fingerprint density at radius 1 is 1.13 bits per heavy atom. The van der Waals surface area contributed by atoms with E-state index in [0.29, 0.717) is 5.76 Å². The van der Waals surface area contributed by atoms with Crippen LogP contribution in [0.2, 0.25) is 0 Å². The molecule has 0 saturated carbocycles. The van der Waals surface area contributed by atoms with E-state index in [4.69, 9.17) is 9.26 Å². The van der Waals surface area contributed by atoms with Crippen LogP contribution in [-0.4, -0.2) is 45.9 Å². The number of amides is 3. The van der Waals surface area contributed by atoms with E-state index in [0.717, 1.165) is 4.90 Å². The smallest absolute Gasteiger partial charge is 0.330 e. The molecule has 1 aromatic heterocycles. The molecule has 0 spiro atoms. The first-order valence-corrected chi connectivity index (χ1v) is 9.60. The molecule has 30 heavy (non-hydrogen) atoms. The van der Waals surface area contributed by atoms with Gasteiger partial charge in [0.25, 0.3) is 17.7 Å². The van der Waals surface area contributed by atoms with Crippen molar-refractivity contribution >= 4 is 29.5 Å². The molecule has 0 fully saturated rings. The maximum atomic E-state index is 12.9. The highest BCUT2D eigenvalue weighted by atomic mass is 16.5. The van der Waals surface area contributed by atoms with Gasteiger partial charge in [0.15, 0.2) is 11.9 Å². The fourth-order valence-electron chi connectivity index (χ4n) is 3.20. The number of aryl methyl sites for hydroxylation is 1. The minimum absolute atomic E-state index is 0.00546. The first-order chi connectivity index (χ1) is 14.2. The van der Waals surface area contributed by atoms with Gasteiger partial charge in [0, 0.05) is 6.07 Å². The highest BCUT2D eigenvalue weighted by Gasteiger charge is 2.44. The molecule has 2 aromatic rings. The van der Waals surface area contributed by atoms with Crippen molar-refractivity contribution in [2.75, 3.05) is 5.32 Å². The van der Waals surface area contributed by atoms with Gasteiger partial charge in [0.05, 0.1) is 11.1 Å². The van der Waals surface area contributed by atoms with Crippen LogP contribution >= 0.6 is 0 Å². The average Bonchev–Trinajstić information content (AvgIpc) is 3.21. The normalized spacial score (nSPS) is 15.2. The topological polar surface area (TPSA) is 119 Å². The zero-order valence-electron chi connectivity index (χ0n) is 17.2. The molecule has 1 aromatic carbocycles. The Morgan fingerprint density at radius 2 is 1.73 bits per heavy atom. The van der Waals surface area contributed by atoms with Gasteiger partial charge in [0.1, 0.15) is 11.8 Å². The van der Waals surface area contributed by atoms with Crippen LogP contribution in [-0.2, 0) is 14.3 Å². The van der Waals surface area contributed by atoms with Crippen LogP contribution in [0.15, 0.2) is 34.9 Å². The molecule has 158 valence electrons. The minimum atomic E-state index is -1.17. The summed E-state index contributed by atoms with van der Waals surface area (Å²) in [5.74, 6) is -1.83. The summed E-state index contributed by atoms with van der Waals surface area (Å²) in [4.78, 5) is 51.7. The number of rotatable bonds is 7. The van der Waals surface area contributed by atoms with Crippen molar-refractivity contribution < 1.29 is 28.4 Å². The van der Waals surface area contributed by atoms with Crippen LogP contribution < -0.4 is 5.32 Å². The van der Waals surface area contributed by atoms with E-state index in [9.17, 15) is 19.2 Å². The molecule has 9 nitrogen and oxygen atoms in total. The molecule has 3 amide bonds. The fourth-order valence-corrected chi connectivity index (χ4v) is 3.20. The van der Waals surface area contributed by atoms with E-state index >= 15 is 0 Å². The lowest BCUT2D eigenvalue weighted by Gasteiger charge is -2.27. The van der Waals surface area contributed by atoms with E-state index in [1.54, 1.807) is 31.2 Å². The zero-order valence-corrected chi connectivity index (χ0v) is 17.2. The molecule has 0 bridgehead atoms. The highest BCUT2D eigenvalue weighted by molar-refractivity contribution is 6.22. The largest absolute Gasteiger partial charge is 0.451 e. The van der Waals surface area contributed by atoms with Crippen molar-refractivity contribution in [3.8, 4) is 0 Å². The van der Waals surface area contributed by atoms with Crippen LogP contribution in [0.1, 0.15) is 53.7 Å². The van der Waals surface area contributed by atoms with Gasteiger partial charge in [-0.25, -0.2) is 4.79 Å². The number of carbonyl (C=O) groups is 4. The fraction of sp³-hybridized carbons (Fsp3) is 0.381. The molecule has 3 rings (SSSR count). The number of imide groups is 1. The van der Waals surface area contributed by atoms with Gasteiger partial charge in [-0.05, 0) is 38.3 Å². The Morgan fingerprint density at radius 3 is 2.23 bits per heavy atom. The summed E-state index contributed by atoms with van der Waals surface area (Å²) in [5, 5.41) is 6.13. The lowest BCUT2D eigenvalue weighted by Crippen LogP contribution is -2.48. The van der Waals surface area contributed by atoms with Crippen molar-refractivity contribution in [1.29, 1.82) is 0 Å².